The van der Waals surface area contributed by atoms with Crippen LogP contribution < -0.4 is 5.32 Å². The van der Waals surface area contributed by atoms with Crippen molar-refractivity contribution in [3.05, 3.63) is 45.3 Å². The lowest BCUT2D eigenvalue weighted by Gasteiger charge is -2.05. The number of carbonyl (C=O) groups excluding carboxylic acids is 1. The number of halogens is 1. The van der Waals surface area contributed by atoms with E-state index in [-0.39, 0.29) is 11.5 Å². The summed E-state index contributed by atoms with van der Waals surface area (Å²) in [6.07, 6.45) is 1.80. The van der Waals surface area contributed by atoms with E-state index < -0.39 is 0 Å². The molecule has 3 nitrogen and oxygen atoms in total. The van der Waals surface area contributed by atoms with E-state index >= 15 is 0 Å². The van der Waals surface area contributed by atoms with E-state index in [1.165, 1.54) is 11.8 Å². The number of nitrogens with zero attached hydrogens (tertiary/aromatic N) is 1. The highest BCUT2D eigenvalue weighted by atomic mass is 79.9. The van der Waals surface area contributed by atoms with E-state index in [9.17, 15) is 4.79 Å². The molecule has 1 aromatic rings. The number of carbonyl (C=O) groups is 1. The summed E-state index contributed by atoms with van der Waals surface area (Å²) in [5.74, 6) is -0.363. The number of rotatable bonds is 4. The second kappa shape index (κ2) is 7.15. The molecule has 0 radical (unpaired) electrons. The molecule has 0 heterocycles. The van der Waals surface area contributed by atoms with Gasteiger partial charge in [0.1, 0.15) is 11.6 Å². The second-order valence-electron chi connectivity index (χ2n) is 3.13. The third kappa shape index (κ3) is 4.25. The fourth-order valence-corrected chi connectivity index (χ4v) is 1.76. The molecule has 0 spiro atoms. The van der Waals surface area contributed by atoms with Gasteiger partial charge in [-0.1, -0.05) is 30.3 Å². The summed E-state index contributed by atoms with van der Waals surface area (Å²) >= 11 is 4.51. The van der Waals surface area contributed by atoms with Gasteiger partial charge in [-0.15, -0.1) is 11.8 Å². The number of benzene rings is 1. The van der Waals surface area contributed by atoms with Gasteiger partial charge in [-0.3, -0.25) is 4.79 Å². The maximum Gasteiger partial charge on any atom is 0.263 e. The monoisotopic (exact) mass is 310 g/mol. The van der Waals surface area contributed by atoms with Crippen molar-refractivity contribution >= 4 is 33.6 Å². The fraction of sp³-hybridized carbons (Fsp3) is 0.167. The van der Waals surface area contributed by atoms with Gasteiger partial charge >= 0.3 is 0 Å². The number of nitrogens with one attached hydrogen (secondary N) is 1. The molecule has 0 atom stereocenters. The molecular formula is C12H11BrN2OS. The number of amides is 1. The normalized spacial score (nSPS) is 11.4. The van der Waals surface area contributed by atoms with Crippen molar-refractivity contribution < 1.29 is 4.79 Å². The highest BCUT2D eigenvalue weighted by Crippen LogP contribution is 2.23. The van der Waals surface area contributed by atoms with Crippen LogP contribution in [0.1, 0.15) is 5.56 Å². The molecule has 0 fully saturated rings. The topological polar surface area (TPSA) is 52.9 Å². The largest absolute Gasteiger partial charge is 0.347 e. The molecule has 5 heteroatoms. The Morgan fingerprint density at radius 2 is 2.12 bits per heavy atom. The molecule has 0 saturated heterocycles. The van der Waals surface area contributed by atoms with Gasteiger partial charge in [0.2, 0.25) is 0 Å². The predicted octanol–water partition coefficient (Wildman–Crippen LogP) is 2.80. The van der Waals surface area contributed by atoms with Gasteiger partial charge in [-0.25, -0.2) is 0 Å². The average molecular weight is 311 g/mol. The zero-order valence-electron chi connectivity index (χ0n) is 9.24. The van der Waals surface area contributed by atoms with Crippen LogP contribution in [0.4, 0.5) is 0 Å². The second-order valence-corrected chi connectivity index (χ2v) is 5.27. The maximum absolute atomic E-state index is 11.7. The first-order valence-corrected chi connectivity index (χ1v) is 6.86. The number of hydrogen-bond acceptors (Lipinski definition) is 3. The van der Waals surface area contributed by atoms with Gasteiger partial charge in [-0.05, 0) is 27.7 Å². The molecule has 1 N–H and O–H groups in total. The molecule has 0 aliphatic rings. The maximum atomic E-state index is 11.7. The Labute approximate surface area is 113 Å². The van der Waals surface area contributed by atoms with Gasteiger partial charge in [0.15, 0.2) is 0 Å². The summed E-state index contributed by atoms with van der Waals surface area (Å²) in [5.41, 5.74) is 1.10. The van der Waals surface area contributed by atoms with Crippen LogP contribution in [0.2, 0.25) is 0 Å². The Bertz CT molecular complexity index is 465. The molecule has 1 rings (SSSR count). The molecule has 17 heavy (non-hydrogen) atoms. The van der Waals surface area contributed by atoms with Crippen LogP contribution in [0.25, 0.3) is 0 Å². The van der Waals surface area contributed by atoms with Gasteiger partial charge in [-0.2, -0.15) is 5.26 Å². The van der Waals surface area contributed by atoms with E-state index in [1.807, 2.05) is 36.4 Å². The summed E-state index contributed by atoms with van der Waals surface area (Å²) < 4.78 is 0.547. The third-order valence-electron chi connectivity index (χ3n) is 2.01. The van der Waals surface area contributed by atoms with Crippen LogP contribution in [0.3, 0.4) is 0 Å². The van der Waals surface area contributed by atoms with Crippen LogP contribution in [-0.2, 0) is 11.3 Å². The molecule has 0 unspecified atom stereocenters. The van der Waals surface area contributed by atoms with Crippen molar-refractivity contribution in [1.29, 1.82) is 5.26 Å². The van der Waals surface area contributed by atoms with Gasteiger partial charge in [0, 0.05) is 6.54 Å². The first-order valence-electron chi connectivity index (χ1n) is 4.85. The van der Waals surface area contributed by atoms with Crippen molar-refractivity contribution in [3.63, 3.8) is 0 Å². The molecule has 88 valence electrons. The fourth-order valence-electron chi connectivity index (χ4n) is 1.15. The van der Waals surface area contributed by atoms with E-state index in [4.69, 9.17) is 5.26 Å². The third-order valence-corrected chi connectivity index (χ3v) is 3.94. The smallest absolute Gasteiger partial charge is 0.263 e. The van der Waals surface area contributed by atoms with Gasteiger partial charge < -0.3 is 5.32 Å². The van der Waals surface area contributed by atoms with E-state index in [2.05, 4.69) is 21.2 Å². The van der Waals surface area contributed by atoms with Gasteiger partial charge in [0.05, 0.1) is 3.81 Å². The summed E-state index contributed by atoms with van der Waals surface area (Å²) in [6.45, 7) is 0.416. The van der Waals surface area contributed by atoms with E-state index in [1.54, 1.807) is 6.26 Å². The van der Waals surface area contributed by atoms with Crippen LogP contribution in [0.5, 0.6) is 0 Å². The van der Waals surface area contributed by atoms with Crippen LogP contribution in [0, 0.1) is 11.3 Å². The molecule has 0 aliphatic heterocycles. The molecule has 1 amide bonds. The van der Waals surface area contributed by atoms with Crippen LogP contribution >= 0.6 is 27.7 Å². The minimum absolute atomic E-state index is 0.105. The van der Waals surface area contributed by atoms with Crippen molar-refractivity contribution in [2.24, 2.45) is 0 Å². The lowest BCUT2D eigenvalue weighted by Crippen LogP contribution is -2.24. The molecule has 0 bridgehead atoms. The molecule has 0 aromatic heterocycles. The Morgan fingerprint density at radius 1 is 1.47 bits per heavy atom. The quantitative estimate of drug-likeness (QED) is 0.687. The Morgan fingerprint density at radius 3 is 2.65 bits per heavy atom. The zero-order valence-corrected chi connectivity index (χ0v) is 11.6. The Balaban J connectivity index is 2.65. The SMILES string of the molecule is CSC(Br)=C(C#N)C(=O)NCc1ccccc1. The Kier molecular flexibility index (Phi) is 5.81. The van der Waals surface area contributed by atoms with E-state index in [0.717, 1.165) is 5.56 Å². The van der Waals surface area contributed by atoms with Crippen LogP contribution in [0.15, 0.2) is 39.7 Å². The summed E-state index contributed by atoms with van der Waals surface area (Å²) in [7, 11) is 0. The van der Waals surface area contributed by atoms with Gasteiger partial charge in [0.25, 0.3) is 5.91 Å². The highest BCUT2D eigenvalue weighted by molar-refractivity contribution is 9.14. The molecular weight excluding hydrogens is 300 g/mol. The minimum Gasteiger partial charge on any atom is -0.347 e. The zero-order chi connectivity index (χ0) is 12.7. The predicted molar refractivity (Wildman–Crippen MR) is 73.4 cm³/mol. The molecule has 0 saturated carbocycles. The average Bonchev–Trinajstić information content (AvgIpc) is 2.38. The molecule has 0 aliphatic carbocycles. The molecule has 1 aromatic carbocycles. The first kappa shape index (κ1) is 13.8. The summed E-state index contributed by atoms with van der Waals surface area (Å²) in [5, 5.41) is 11.6. The number of hydrogen-bond donors (Lipinski definition) is 1. The Hall–Kier alpha value is -1.25. The van der Waals surface area contributed by atoms with Crippen molar-refractivity contribution in [2.75, 3.05) is 6.26 Å². The number of thioether (sulfide) groups is 1. The minimum atomic E-state index is -0.363. The van der Waals surface area contributed by atoms with E-state index in [0.29, 0.717) is 10.4 Å². The summed E-state index contributed by atoms with van der Waals surface area (Å²) in [6, 6.07) is 11.4. The van der Waals surface area contributed by atoms with Crippen molar-refractivity contribution in [1.82, 2.24) is 5.32 Å². The summed E-state index contributed by atoms with van der Waals surface area (Å²) in [4.78, 5) is 11.7. The lowest BCUT2D eigenvalue weighted by molar-refractivity contribution is -0.117. The number of nitriles is 1. The lowest BCUT2D eigenvalue weighted by atomic mass is 10.2. The van der Waals surface area contributed by atoms with Crippen LogP contribution in [-0.4, -0.2) is 12.2 Å². The first-order chi connectivity index (χ1) is 8.19. The highest BCUT2D eigenvalue weighted by Gasteiger charge is 2.12. The van der Waals surface area contributed by atoms with Crippen molar-refractivity contribution in [2.45, 2.75) is 6.54 Å². The van der Waals surface area contributed by atoms with Crippen molar-refractivity contribution in [3.8, 4) is 6.07 Å². The standard InChI is InChI=1S/C12H11BrN2OS/c1-17-11(13)10(7-14)12(16)15-8-9-5-3-2-4-6-9/h2-6H,8H2,1H3,(H,15,16).